The quantitative estimate of drug-likeness (QED) is 0.543. The smallest absolute Gasteiger partial charge is 0.255 e. The van der Waals surface area contributed by atoms with E-state index in [1.54, 1.807) is 25.1 Å². The molecule has 2 aromatic rings. The molecule has 128 valence electrons. The highest BCUT2D eigenvalue weighted by Crippen LogP contribution is 2.34. The van der Waals surface area contributed by atoms with Crippen molar-refractivity contribution in [1.82, 2.24) is 10.6 Å². The number of nitrogens with one attached hydrogen (secondary N) is 3. The van der Waals surface area contributed by atoms with Crippen LogP contribution in [0.25, 0.3) is 0 Å². The summed E-state index contributed by atoms with van der Waals surface area (Å²) < 4.78 is 0. The maximum absolute atomic E-state index is 12.8. The minimum atomic E-state index is -0.641. The van der Waals surface area contributed by atoms with Crippen LogP contribution in [-0.4, -0.2) is 21.2 Å². The molecule has 1 amide bonds. The number of hydrogen-bond donors (Lipinski definition) is 5. The molecule has 1 heterocycles. The van der Waals surface area contributed by atoms with Gasteiger partial charge in [0.1, 0.15) is 11.5 Å². The number of hydrogen-bond acceptors (Lipinski definition) is 4. The third-order valence-corrected chi connectivity index (χ3v) is 4.09. The predicted octanol–water partition coefficient (Wildman–Crippen LogP) is 2.53. The molecule has 6 nitrogen and oxygen atoms in total. The fraction of sp³-hybridized carbons (Fsp3) is 0.111. The highest BCUT2D eigenvalue weighted by molar-refractivity contribution is 7.80. The summed E-state index contributed by atoms with van der Waals surface area (Å²) in [6, 6.07) is 12.7. The van der Waals surface area contributed by atoms with Crippen molar-refractivity contribution in [3.05, 3.63) is 65.4 Å². The van der Waals surface area contributed by atoms with Crippen molar-refractivity contribution >= 4 is 28.9 Å². The molecule has 2 aromatic carbocycles. The molecule has 0 aliphatic carbocycles. The van der Waals surface area contributed by atoms with Crippen LogP contribution in [0.2, 0.25) is 0 Å². The Hall–Kier alpha value is -3.06. The van der Waals surface area contributed by atoms with Crippen LogP contribution in [0.15, 0.2) is 59.8 Å². The number of para-hydroxylation sites is 1. The molecule has 7 heteroatoms. The van der Waals surface area contributed by atoms with Crippen LogP contribution < -0.4 is 16.0 Å². The summed E-state index contributed by atoms with van der Waals surface area (Å²) in [5.74, 6) is -0.502. The molecule has 3 rings (SSSR count). The second-order valence-corrected chi connectivity index (χ2v) is 6.04. The van der Waals surface area contributed by atoms with E-state index < -0.39 is 6.04 Å². The summed E-state index contributed by atoms with van der Waals surface area (Å²) in [6.45, 7) is 1.75. The molecule has 1 aliphatic rings. The van der Waals surface area contributed by atoms with Crippen LogP contribution in [0.3, 0.4) is 0 Å². The number of anilines is 1. The number of carbonyl (C=O) groups excluding carboxylic acids is 1. The third kappa shape index (κ3) is 3.56. The molecular weight excluding hydrogens is 338 g/mol. The van der Waals surface area contributed by atoms with Gasteiger partial charge in [0.15, 0.2) is 5.11 Å². The molecule has 1 atom stereocenters. The molecule has 0 unspecified atom stereocenters. The van der Waals surface area contributed by atoms with Gasteiger partial charge >= 0.3 is 0 Å². The summed E-state index contributed by atoms with van der Waals surface area (Å²) in [5, 5.41) is 28.8. The van der Waals surface area contributed by atoms with Crippen LogP contribution in [-0.2, 0) is 4.79 Å². The first-order valence-corrected chi connectivity index (χ1v) is 8.03. The normalized spacial score (nSPS) is 16.8. The summed E-state index contributed by atoms with van der Waals surface area (Å²) in [6.07, 6.45) is 0. The van der Waals surface area contributed by atoms with E-state index in [-0.39, 0.29) is 17.4 Å². The predicted molar refractivity (Wildman–Crippen MR) is 99.2 cm³/mol. The molecule has 0 fully saturated rings. The highest BCUT2D eigenvalue weighted by atomic mass is 32.1. The van der Waals surface area contributed by atoms with Gasteiger partial charge in [0.2, 0.25) is 0 Å². The molecule has 0 radical (unpaired) electrons. The van der Waals surface area contributed by atoms with Gasteiger partial charge in [-0.15, -0.1) is 0 Å². The van der Waals surface area contributed by atoms with Crippen LogP contribution in [0, 0.1) is 0 Å². The fourth-order valence-corrected chi connectivity index (χ4v) is 3.00. The van der Waals surface area contributed by atoms with Gasteiger partial charge in [0, 0.05) is 23.0 Å². The number of phenols is 2. The number of allylic oxidation sites excluding steroid dienone is 1. The summed E-state index contributed by atoms with van der Waals surface area (Å²) >= 11 is 5.18. The van der Waals surface area contributed by atoms with Crippen molar-refractivity contribution in [1.29, 1.82) is 0 Å². The lowest BCUT2D eigenvalue weighted by atomic mass is 9.94. The van der Waals surface area contributed by atoms with E-state index >= 15 is 0 Å². The van der Waals surface area contributed by atoms with Crippen LogP contribution >= 0.6 is 12.2 Å². The Morgan fingerprint density at radius 3 is 2.56 bits per heavy atom. The molecule has 25 heavy (non-hydrogen) atoms. The number of benzene rings is 2. The van der Waals surface area contributed by atoms with Crippen molar-refractivity contribution in [2.45, 2.75) is 13.0 Å². The number of aromatic hydroxyl groups is 2. The van der Waals surface area contributed by atoms with Gasteiger partial charge in [-0.1, -0.05) is 18.2 Å². The highest BCUT2D eigenvalue weighted by Gasteiger charge is 2.31. The minimum Gasteiger partial charge on any atom is -0.508 e. The van der Waals surface area contributed by atoms with E-state index in [2.05, 4.69) is 16.0 Å². The number of thiocarbonyl (C=S) groups is 1. The van der Waals surface area contributed by atoms with Crippen molar-refractivity contribution in [2.24, 2.45) is 0 Å². The van der Waals surface area contributed by atoms with Gasteiger partial charge in [-0.3, -0.25) is 4.79 Å². The molecule has 0 saturated heterocycles. The number of carbonyl (C=O) groups is 1. The molecular formula is C18H17N3O3S. The summed E-state index contributed by atoms with van der Waals surface area (Å²) in [5.41, 5.74) is 2.10. The Labute approximate surface area is 150 Å². The molecule has 1 aliphatic heterocycles. The van der Waals surface area contributed by atoms with Crippen LogP contribution in [0.1, 0.15) is 18.5 Å². The maximum Gasteiger partial charge on any atom is 0.255 e. The minimum absolute atomic E-state index is 0.0613. The number of rotatable bonds is 3. The lowest BCUT2D eigenvalue weighted by Crippen LogP contribution is -2.45. The Morgan fingerprint density at radius 2 is 1.88 bits per heavy atom. The number of phenolic OH excluding ortho intramolecular Hbond substituents is 2. The van der Waals surface area contributed by atoms with Crippen molar-refractivity contribution < 1.29 is 15.0 Å². The zero-order valence-corrected chi connectivity index (χ0v) is 14.2. The lowest BCUT2D eigenvalue weighted by Gasteiger charge is -2.30. The zero-order valence-electron chi connectivity index (χ0n) is 13.4. The van der Waals surface area contributed by atoms with E-state index in [4.69, 9.17) is 12.2 Å². The summed E-state index contributed by atoms with van der Waals surface area (Å²) in [4.78, 5) is 12.8. The average Bonchev–Trinajstić information content (AvgIpc) is 2.54. The average molecular weight is 355 g/mol. The fourth-order valence-electron chi connectivity index (χ4n) is 2.72. The Bertz CT molecular complexity index is 865. The van der Waals surface area contributed by atoms with Crippen LogP contribution in [0.5, 0.6) is 11.5 Å². The van der Waals surface area contributed by atoms with E-state index in [0.29, 0.717) is 27.6 Å². The van der Waals surface area contributed by atoms with Gasteiger partial charge in [-0.05, 0) is 43.4 Å². The molecule has 0 aromatic heterocycles. The molecule has 0 spiro atoms. The van der Waals surface area contributed by atoms with E-state index in [0.717, 1.165) is 0 Å². The first-order chi connectivity index (χ1) is 12.0. The van der Waals surface area contributed by atoms with Crippen LogP contribution in [0.4, 0.5) is 5.69 Å². The van der Waals surface area contributed by atoms with E-state index in [1.165, 1.54) is 12.1 Å². The van der Waals surface area contributed by atoms with Gasteiger partial charge in [0.05, 0.1) is 11.6 Å². The Morgan fingerprint density at radius 1 is 1.16 bits per heavy atom. The zero-order chi connectivity index (χ0) is 18.0. The lowest BCUT2D eigenvalue weighted by molar-refractivity contribution is -0.113. The Kier molecular flexibility index (Phi) is 4.58. The van der Waals surface area contributed by atoms with Crippen molar-refractivity contribution in [3.8, 4) is 11.5 Å². The largest absolute Gasteiger partial charge is 0.508 e. The third-order valence-electron chi connectivity index (χ3n) is 3.87. The second kappa shape index (κ2) is 6.82. The monoisotopic (exact) mass is 355 g/mol. The van der Waals surface area contributed by atoms with E-state index in [1.807, 2.05) is 18.2 Å². The maximum atomic E-state index is 12.8. The molecule has 5 N–H and O–H groups in total. The van der Waals surface area contributed by atoms with Gasteiger partial charge in [0.25, 0.3) is 5.91 Å². The first-order valence-electron chi connectivity index (χ1n) is 7.62. The van der Waals surface area contributed by atoms with Crippen molar-refractivity contribution in [2.75, 3.05) is 5.32 Å². The van der Waals surface area contributed by atoms with Crippen molar-refractivity contribution in [3.63, 3.8) is 0 Å². The van der Waals surface area contributed by atoms with Gasteiger partial charge < -0.3 is 26.2 Å². The molecule has 0 saturated carbocycles. The number of amides is 1. The topological polar surface area (TPSA) is 93.6 Å². The van der Waals surface area contributed by atoms with Gasteiger partial charge in [-0.25, -0.2) is 0 Å². The molecule has 0 bridgehead atoms. The Balaban J connectivity index is 1.99. The SMILES string of the molecule is CC1=C(C(=O)Nc2ccccc2)[C@H](c2ccc(O)cc2O)NC(=S)N1. The van der Waals surface area contributed by atoms with Gasteiger partial charge in [-0.2, -0.15) is 0 Å². The first kappa shape index (κ1) is 16.8. The summed E-state index contributed by atoms with van der Waals surface area (Å²) in [7, 11) is 0. The standard InChI is InChI=1S/C18H17N3O3S/c1-10-15(17(24)20-11-5-3-2-4-6-11)16(21-18(25)19-10)13-8-7-12(22)9-14(13)23/h2-9,16,22-23H,1H3,(H,20,24)(H2,19,21,25)/t16-/m0/s1. The van der Waals surface area contributed by atoms with E-state index in [9.17, 15) is 15.0 Å². The second-order valence-electron chi connectivity index (χ2n) is 5.63.